The lowest BCUT2D eigenvalue weighted by atomic mass is 10.1. The Morgan fingerprint density at radius 3 is 2.47 bits per heavy atom. The molecule has 0 bridgehead atoms. The molecule has 0 amide bonds. The highest BCUT2D eigenvalue weighted by atomic mass is 16.5. The summed E-state index contributed by atoms with van der Waals surface area (Å²) in [4.78, 5) is 15.0. The van der Waals surface area contributed by atoms with Crippen molar-refractivity contribution in [3.8, 4) is 11.4 Å². The summed E-state index contributed by atoms with van der Waals surface area (Å²) in [7, 11) is 1.98. The van der Waals surface area contributed by atoms with Crippen LogP contribution in [-0.4, -0.2) is 53.5 Å². The smallest absolute Gasteiger partial charge is 0.340 e. The van der Waals surface area contributed by atoms with E-state index in [1.54, 1.807) is 6.92 Å². The van der Waals surface area contributed by atoms with Gasteiger partial charge in [-0.2, -0.15) is 0 Å². The number of ether oxygens (including phenoxy) is 2. The second kappa shape index (κ2) is 11.4. The van der Waals surface area contributed by atoms with Gasteiger partial charge in [0.15, 0.2) is 0 Å². The standard InChI is InChI=1S/C30H34N2O4/c1-5-35-30(34)29-22(3)32(27-14-10-9-11-21(27)2)28-16-15-25(17-26(28)29)36-20-24(33)19-31(4)18-23-12-7-6-8-13-23/h6-17,24,33H,5,18-20H2,1-4H3. The molecule has 1 N–H and O–H groups in total. The van der Waals surface area contributed by atoms with Gasteiger partial charge < -0.3 is 19.1 Å². The minimum atomic E-state index is -0.655. The molecule has 4 rings (SSSR count). The second-order valence-corrected chi connectivity index (χ2v) is 9.13. The molecular weight excluding hydrogens is 452 g/mol. The van der Waals surface area contributed by atoms with E-state index in [0.717, 1.165) is 34.4 Å². The zero-order chi connectivity index (χ0) is 25.7. The molecule has 0 spiro atoms. The molecule has 0 aliphatic carbocycles. The van der Waals surface area contributed by atoms with Crippen molar-refractivity contribution in [2.75, 3.05) is 26.8 Å². The summed E-state index contributed by atoms with van der Waals surface area (Å²) in [6.45, 7) is 7.47. The molecule has 0 radical (unpaired) electrons. The summed E-state index contributed by atoms with van der Waals surface area (Å²) in [6, 6.07) is 24.0. The number of aliphatic hydroxyl groups excluding tert-OH is 1. The first kappa shape index (κ1) is 25.5. The first-order valence-electron chi connectivity index (χ1n) is 12.3. The van der Waals surface area contributed by atoms with E-state index in [0.29, 0.717) is 24.5 Å². The molecule has 0 aliphatic rings. The molecule has 36 heavy (non-hydrogen) atoms. The van der Waals surface area contributed by atoms with Crippen molar-refractivity contribution >= 4 is 16.9 Å². The molecule has 1 aromatic heterocycles. The maximum atomic E-state index is 12.9. The van der Waals surface area contributed by atoms with Gasteiger partial charge in [-0.15, -0.1) is 0 Å². The highest BCUT2D eigenvalue weighted by Gasteiger charge is 2.23. The lowest BCUT2D eigenvalue weighted by Gasteiger charge is -2.21. The molecule has 0 saturated carbocycles. The molecule has 188 valence electrons. The maximum absolute atomic E-state index is 12.9. The van der Waals surface area contributed by atoms with Crippen molar-refractivity contribution in [1.82, 2.24) is 9.47 Å². The van der Waals surface area contributed by atoms with Crippen molar-refractivity contribution in [1.29, 1.82) is 0 Å². The van der Waals surface area contributed by atoms with Crippen LogP contribution in [-0.2, 0) is 11.3 Å². The Balaban J connectivity index is 1.56. The monoisotopic (exact) mass is 486 g/mol. The minimum absolute atomic E-state index is 0.150. The highest BCUT2D eigenvalue weighted by Crippen LogP contribution is 2.33. The van der Waals surface area contributed by atoms with Gasteiger partial charge in [-0.1, -0.05) is 48.5 Å². The zero-order valence-electron chi connectivity index (χ0n) is 21.4. The summed E-state index contributed by atoms with van der Waals surface area (Å²) in [5.41, 5.74) is 5.57. The van der Waals surface area contributed by atoms with E-state index in [1.807, 2.05) is 68.6 Å². The van der Waals surface area contributed by atoms with Crippen LogP contribution in [0.15, 0.2) is 72.8 Å². The third kappa shape index (κ3) is 5.61. The molecule has 4 aromatic rings. The van der Waals surface area contributed by atoms with Gasteiger partial charge in [0.25, 0.3) is 0 Å². The lowest BCUT2D eigenvalue weighted by molar-refractivity contribution is 0.0527. The number of likely N-dealkylation sites (N-methyl/N-ethyl adjacent to an activating group) is 1. The number of aliphatic hydroxyl groups is 1. The van der Waals surface area contributed by atoms with Gasteiger partial charge in [-0.25, -0.2) is 4.79 Å². The van der Waals surface area contributed by atoms with Crippen molar-refractivity contribution in [2.45, 2.75) is 33.4 Å². The predicted octanol–water partition coefficient (Wildman–Crippen LogP) is 5.30. The van der Waals surface area contributed by atoms with Crippen LogP contribution < -0.4 is 4.74 Å². The molecule has 0 saturated heterocycles. The largest absolute Gasteiger partial charge is 0.491 e. The molecule has 0 aliphatic heterocycles. The van der Waals surface area contributed by atoms with Crippen molar-refractivity contribution in [3.63, 3.8) is 0 Å². The minimum Gasteiger partial charge on any atom is -0.491 e. The van der Waals surface area contributed by atoms with Crippen molar-refractivity contribution < 1.29 is 19.4 Å². The van der Waals surface area contributed by atoms with Crippen LogP contribution in [0.25, 0.3) is 16.6 Å². The number of aryl methyl sites for hydroxylation is 1. The molecule has 1 heterocycles. The molecule has 0 fully saturated rings. The van der Waals surface area contributed by atoms with E-state index in [9.17, 15) is 9.90 Å². The molecule has 3 aromatic carbocycles. The molecule has 6 nitrogen and oxygen atoms in total. The van der Waals surface area contributed by atoms with Crippen LogP contribution in [0.3, 0.4) is 0 Å². The third-order valence-electron chi connectivity index (χ3n) is 6.27. The Morgan fingerprint density at radius 2 is 1.75 bits per heavy atom. The maximum Gasteiger partial charge on any atom is 0.340 e. The normalized spacial score (nSPS) is 12.2. The molecule has 1 unspecified atom stereocenters. The number of esters is 1. The summed E-state index contributed by atoms with van der Waals surface area (Å²) < 4.78 is 13.4. The number of nitrogens with zero attached hydrogens (tertiary/aromatic N) is 2. The van der Waals surface area contributed by atoms with E-state index in [-0.39, 0.29) is 12.6 Å². The fourth-order valence-electron chi connectivity index (χ4n) is 4.64. The molecule has 6 heteroatoms. The fourth-order valence-corrected chi connectivity index (χ4v) is 4.64. The second-order valence-electron chi connectivity index (χ2n) is 9.13. The van der Waals surface area contributed by atoms with E-state index in [2.05, 4.69) is 34.6 Å². The van der Waals surface area contributed by atoms with Crippen molar-refractivity contribution in [3.05, 3.63) is 95.2 Å². The topological polar surface area (TPSA) is 63.9 Å². The number of carbonyl (C=O) groups excluding carboxylic acids is 1. The van der Waals surface area contributed by atoms with Gasteiger partial charge >= 0.3 is 5.97 Å². The van der Waals surface area contributed by atoms with E-state index in [4.69, 9.17) is 9.47 Å². The summed E-state index contributed by atoms with van der Waals surface area (Å²) in [6.07, 6.45) is -0.655. The SMILES string of the molecule is CCOC(=O)c1c(C)n(-c2ccccc2C)c2ccc(OCC(O)CN(C)Cc3ccccc3)cc12. The number of fused-ring (bicyclic) bond motifs is 1. The van der Waals surface area contributed by atoms with E-state index >= 15 is 0 Å². The fraction of sp³-hybridized carbons (Fsp3) is 0.300. The first-order valence-corrected chi connectivity index (χ1v) is 12.3. The Bertz CT molecular complexity index is 1330. The number of para-hydroxylation sites is 1. The number of hydrogen-bond acceptors (Lipinski definition) is 5. The van der Waals surface area contributed by atoms with Crippen LogP contribution in [0.1, 0.15) is 34.1 Å². The Kier molecular flexibility index (Phi) is 8.08. The average Bonchev–Trinajstić information content (AvgIpc) is 3.14. The Labute approximate surface area is 212 Å². The first-order chi connectivity index (χ1) is 17.4. The summed E-state index contributed by atoms with van der Waals surface area (Å²) >= 11 is 0. The number of carbonyl (C=O) groups is 1. The van der Waals surface area contributed by atoms with Crippen LogP contribution >= 0.6 is 0 Å². The Morgan fingerprint density at radius 1 is 1.03 bits per heavy atom. The van der Waals surface area contributed by atoms with Crippen molar-refractivity contribution in [2.24, 2.45) is 0 Å². The van der Waals surface area contributed by atoms with Gasteiger partial charge in [0.1, 0.15) is 18.5 Å². The number of benzene rings is 3. The highest BCUT2D eigenvalue weighted by molar-refractivity contribution is 6.07. The number of rotatable bonds is 10. The average molecular weight is 487 g/mol. The van der Waals surface area contributed by atoms with Crippen LogP contribution in [0.5, 0.6) is 5.75 Å². The van der Waals surface area contributed by atoms with Crippen LogP contribution in [0, 0.1) is 13.8 Å². The lowest BCUT2D eigenvalue weighted by Crippen LogP contribution is -2.32. The summed E-state index contributed by atoms with van der Waals surface area (Å²) in [5, 5.41) is 11.3. The van der Waals surface area contributed by atoms with Gasteiger partial charge in [0.2, 0.25) is 0 Å². The van der Waals surface area contributed by atoms with E-state index < -0.39 is 6.10 Å². The number of hydrogen-bond donors (Lipinski definition) is 1. The molecular formula is C30H34N2O4. The quantitative estimate of drug-likeness (QED) is 0.308. The third-order valence-corrected chi connectivity index (χ3v) is 6.27. The van der Waals surface area contributed by atoms with Gasteiger partial charge in [0, 0.05) is 29.9 Å². The van der Waals surface area contributed by atoms with Gasteiger partial charge in [-0.05, 0) is 63.2 Å². The van der Waals surface area contributed by atoms with E-state index in [1.165, 1.54) is 5.56 Å². The van der Waals surface area contributed by atoms with Gasteiger partial charge in [-0.3, -0.25) is 4.90 Å². The van der Waals surface area contributed by atoms with Crippen LogP contribution in [0.4, 0.5) is 0 Å². The van der Waals surface area contributed by atoms with Crippen LogP contribution in [0.2, 0.25) is 0 Å². The predicted molar refractivity (Wildman–Crippen MR) is 143 cm³/mol. The van der Waals surface area contributed by atoms with Gasteiger partial charge in [0.05, 0.1) is 17.7 Å². The molecule has 1 atom stereocenters. The zero-order valence-corrected chi connectivity index (χ0v) is 21.4. The summed E-state index contributed by atoms with van der Waals surface area (Å²) in [5.74, 6) is 0.242. The Hall–Kier alpha value is -3.61. The number of aromatic nitrogens is 1.